The summed E-state index contributed by atoms with van der Waals surface area (Å²) in [5.74, 6) is 0. The third-order valence-electron chi connectivity index (χ3n) is 0. The van der Waals surface area contributed by atoms with E-state index in [9.17, 15) is 0 Å². The molecule has 2 radical (unpaired) electrons. The Morgan fingerprint density at radius 3 is 0.800 bits per heavy atom. The van der Waals surface area contributed by atoms with Gasteiger partial charge in [0.05, 0.1) is 0 Å². The van der Waals surface area contributed by atoms with E-state index in [-0.39, 0.29) is 0 Å². The van der Waals surface area contributed by atoms with E-state index in [2.05, 4.69) is 0 Å². The molecule has 30 valence electrons. The van der Waals surface area contributed by atoms with Gasteiger partial charge >= 0.3 is 49.5 Å². The van der Waals surface area contributed by atoms with Gasteiger partial charge < -0.3 is 0 Å². The molecule has 0 saturated carbocycles. The molecule has 0 nitrogen and oxygen atoms in total. The predicted octanol–water partition coefficient (Wildman–Crippen LogP) is 2.38. The molecule has 0 bridgehead atoms. The molecule has 0 amide bonds. The van der Waals surface area contributed by atoms with E-state index in [4.69, 9.17) is 25.6 Å². The van der Waals surface area contributed by atoms with E-state index < -0.39 is 23.9 Å². The fourth-order valence-electron chi connectivity index (χ4n) is 0. The van der Waals surface area contributed by atoms with E-state index in [0.29, 0.717) is 0 Å². The van der Waals surface area contributed by atoms with Crippen molar-refractivity contribution in [2.24, 2.45) is 0 Å². The number of hydrogen-bond donors (Lipinski definition) is 0. The number of halogens is 4. The fourth-order valence-corrected chi connectivity index (χ4v) is 0. The third kappa shape index (κ3) is 21.4. The summed E-state index contributed by atoms with van der Waals surface area (Å²) in [5.41, 5.74) is 0. The monoisotopic (exact) mass is 180 g/mol. The van der Waals surface area contributed by atoms with Crippen LogP contribution in [0.3, 0.4) is 0 Å². The van der Waals surface area contributed by atoms with Crippen molar-refractivity contribution in [1.82, 2.24) is 0 Å². The Hall–Kier alpha value is 2.42. The van der Waals surface area contributed by atoms with Crippen molar-refractivity contribution in [2.75, 3.05) is 0 Å². The SMILES string of the molecule is [Cl][Ca]([Cl])([Cl])[Cl]. The normalized spacial score (nSPS) is 12.0. The van der Waals surface area contributed by atoms with Crippen molar-refractivity contribution >= 4 is 49.5 Å². The maximum atomic E-state index is 5.05. The molecule has 0 rings (SSSR count). The fraction of sp³-hybridized carbons (Fsp3) is 0. The van der Waals surface area contributed by atoms with Gasteiger partial charge in [0.15, 0.2) is 0 Å². The summed E-state index contributed by atoms with van der Waals surface area (Å²) in [7, 11) is 0. The molecule has 0 aromatic heterocycles. The first kappa shape index (κ1) is 7.42. The number of rotatable bonds is 0. The van der Waals surface area contributed by atoms with Gasteiger partial charge in [0.1, 0.15) is 0 Å². The Morgan fingerprint density at radius 2 is 0.800 bits per heavy atom. The van der Waals surface area contributed by atoms with Gasteiger partial charge in [-0.05, 0) is 0 Å². The second-order valence-electron chi connectivity index (χ2n) is 0.606. The first-order valence-electron chi connectivity index (χ1n) is 1.07. The molecule has 5 heteroatoms. The second-order valence-corrected chi connectivity index (χ2v) is 22.5. The van der Waals surface area contributed by atoms with E-state index in [0.717, 1.165) is 0 Å². The van der Waals surface area contributed by atoms with Gasteiger partial charge in [-0.1, -0.05) is 0 Å². The summed E-state index contributed by atoms with van der Waals surface area (Å²) in [5, 5.41) is 0. The van der Waals surface area contributed by atoms with E-state index in [1.807, 2.05) is 0 Å². The molecule has 0 unspecified atom stereocenters. The molecule has 0 aliphatic carbocycles. The molecule has 0 aliphatic rings. The Labute approximate surface area is 48.2 Å². The average Bonchev–Trinajstić information content (AvgIpc) is 0.722. The molecule has 5 heavy (non-hydrogen) atoms. The van der Waals surface area contributed by atoms with Gasteiger partial charge in [-0.25, -0.2) is 0 Å². The van der Waals surface area contributed by atoms with Gasteiger partial charge in [0, 0.05) is 0 Å². The van der Waals surface area contributed by atoms with E-state index in [1.54, 1.807) is 0 Å². The van der Waals surface area contributed by atoms with Crippen molar-refractivity contribution in [2.45, 2.75) is 0 Å². The van der Waals surface area contributed by atoms with Crippen LogP contribution < -0.4 is 0 Å². The standard InChI is InChI=1S/Ca.4ClH/h;4*1H/q+4;;;;/p-4. The topological polar surface area (TPSA) is 0 Å². The Morgan fingerprint density at radius 1 is 0.800 bits per heavy atom. The Bertz CT molecular complexity index is 19.1. The van der Waals surface area contributed by atoms with E-state index >= 15 is 0 Å². The second kappa shape index (κ2) is 2.66. The molecule has 0 saturated heterocycles. The summed E-state index contributed by atoms with van der Waals surface area (Å²) >= 11 is -3.36. The summed E-state index contributed by atoms with van der Waals surface area (Å²) in [6.07, 6.45) is 20.2. The summed E-state index contributed by atoms with van der Waals surface area (Å²) in [6, 6.07) is 0. The van der Waals surface area contributed by atoms with Crippen molar-refractivity contribution in [1.29, 1.82) is 0 Å². The minimum absolute atomic E-state index is 3.36. The molecular formula is CaCl4. The zero-order valence-corrected chi connectivity index (χ0v) is 7.45. The first-order chi connectivity index (χ1) is 2.00. The first-order valence-corrected chi connectivity index (χ1v) is 13.2. The van der Waals surface area contributed by atoms with Crippen LogP contribution in [0.15, 0.2) is 0 Å². The predicted molar refractivity (Wildman–Crippen MR) is 29.2 cm³/mol. The molecule has 0 aromatic carbocycles. The van der Waals surface area contributed by atoms with Crippen LogP contribution in [0.5, 0.6) is 0 Å². The Kier molecular flexibility index (Phi) is 3.95. The van der Waals surface area contributed by atoms with Crippen molar-refractivity contribution in [3.63, 3.8) is 0 Å². The van der Waals surface area contributed by atoms with Crippen LogP contribution in [-0.2, 0) is 0 Å². The maximum absolute atomic E-state index is 5.05. The van der Waals surface area contributed by atoms with Crippen molar-refractivity contribution in [3.05, 3.63) is 0 Å². The molecule has 0 atom stereocenters. The van der Waals surface area contributed by atoms with Gasteiger partial charge in [-0.15, -0.1) is 0 Å². The Balaban J connectivity index is 3.02. The van der Waals surface area contributed by atoms with Crippen LogP contribution in [0.1, 0.15) is 0 Å². The van der Waals surface area contributed by atoms with Gasteiger partial charge in [0.25, 0.3) is 0 Å². The van der Waals surface area contributed by atoms with Crippen molar-refractivity contribution in [3.8, 4) is 0 Å². The molecule has 0 heterocycles. The van der Waals surface area contributed by atoms with Gasteiger partial charge in [0.2, 0.25) is 0 Å². The van der Waals surface area contributed by atoms with Crippen LogP contribution in [0, 0.1) is 0 Å². The molecule has 0 aliphatic heterocycles. The molecular weight excluding hydrogens is 182 g/mol. The van der Waals surface area contributed by atoms with Crippen LogP contribution in [-0.4, -0.2) is 23.9 Å². The van der Waals surface area contributed by atoms with E-state index in [1.165, 1.54) is 0 Å². The molecule has 0 spiro atoms. The van der Waals surface area contributed by atoms with Crippen molar-refractivity contribution < 1.29 is 0 Å². The van der Waals surface area contributed by atoms with Gasteiger partial charge in [-0.3, -0.25) is 0 Å². The number of hydrogen-bond acceptors (Lipinski definition) is 0. The zero-order chi connectivity index (χ0) is 4.50. The average molecular weight is 182 g/mol. The van der Waals surface area contributed by atoms with Crippen LogP contribution >= 0.6 is 25.6 Å². The molecule has 0 aromatic rings. The van der Waals surface area contributed by atoms with Crippen LogP contribution in [0.2, 0.25) is 0 Å². The van der Waals surface area contributed by atoms with Crippen LogP contribution in [0.25, 0.3) is 0 Å². The minimum atomic E-state index is -3.36. The summed E-state index contributed by atoms with van der Waals surface area (Å²) < 4.78 is 0. The summed E-state index contributed by atoms with van der Waals surface area (Å²) in [6.45, 7) is 0. The molecule has 0 fully saturated rings. The van der Waals surface area contributed by atoms with Gasteiger partial charge in [-0.2, -0.15) is 0 Å². The van der Waals surface area contributed by atoms with Crippen LogP contribution in [0.4, 0.5) is 0 Å². The summed E-state index contributed by atoms with van der Waals surface area (Å²) in [4.78, 5) is 0. The molecule has 0 N–H and O–H groups in total. The zero-order valence-electron chi connectivity index (χ0n) is 2.22. The quantitative estimate of drug-likeness (QED) is 0.504. The third-order valence-corrected chi connectivity index (χ3v) is 0.